The number of hydrogen-bond donors (Lipinski definition) is 0. The fraction of sp³-hybridized carbons (Fsp3) is 0.214. The summed E-state index contributed by atoms with van der Waals surface area (Å²) in [6.07, 6.45) is 0.00919. The van der Waals surface area contributed by atoms with E-state index in [2.05, 4.69) is 5.10 Å². The molecule has 96 valence electrons. The highest BCUT2D eigenvalue weighted by Gasteiger charge is 2.07. The molecule has 0 aliphatic rings. The minimum atomic E-state index is -0.205. The van der Waals surface area contributed by atoms with Gasteiger partial charge in [0.25, 0.3) is 0 Å². The summed E-state index contributed by atoms with van der Waals surface area (Å²) in [7, 11) is 1.60. The Labute approximate surface area is 110 Å². The van der Waals surface area contributed by atoms with E-state index in [1.165, 1.54) is 6.07 Å². The first-order chi connectivity index (χ1) is 9.15. The number of methoxy groups -OCH3 is 1. The smallest absolute Gasteiger partial charge is 0.204 e. The third-order valence-electron chi connectivity index (χ3n) is 2.74. The molecule has 2 rings (SSSR count). The highest BCUT2D eigenvalue weighted by atomic mass is 16.5. The van der Waals surface area contributed by atoms with E-state index >= 15 is 0 Å². The Hall–Kier alpha value is -2.61. The van der Waals surface area contributed by atoms with Crippen LogP contribution in [0.1, 0.15) is 11.4 Å². The summed E-state index contributed by atoms with van der Waals surface area (Å²) in [6, 6.07) is 10.8. The van der Waals surface area contributed by atoms with Crippen LogP contribution in [0.2, 0.25) is 0 Å². The molecule has 1 aromatic carbocycles. The molecule has 0 amide bonds. The van der Waals surface area contributed by atoms with Gasteiger partial charge in [-0.25, -0.2) is 4.68 Å². The van der Waals surface area contributed by atoms with Gasteiger partial charge in [-0.15, -0.1) is 0 Å². The van der Waals surface area contributed by atoms with Crippen LogP contribution in [-0.2, 0) is 6.42 Å². The van der Waals surface area contributed by atoms with Gasteiger partial charge in [0.2, 0.25) is 5.43 Å². The zero-order chi connectivity index (χ0) is 13.8. The summed E-state index contributed by atoms with van der Waals surface area (Å²) in [5.74, 6) is 0.750. The van der Waals surface area contributed by atoms with E-state index in [9.17, 15) is 4.79 Å². The van der Waals surface area contributed by atoms with Gasteiger partial charge in [0.15, 0.2) is 0 Å². The first kappa shape index (κ1) is 12.8. The van der Waals surface area contributed by atoms with Crippen molar-refractivity contribution in [1.29, 1.82) is 5.26 Å². The van der Waals surface area contributed by atoms with Crippen molar-refractivity contribution in [2.45, 2.75) is 13.3 Å². The second kappa shape index (κ2) is 5.36. The molecule has 0 aliphatic carbocycles. The number of rotatable bonds is 3. The fourth-order valence-corrected chi connectivity index (χ4v) is 1.77. The van der Waals surface area contributed by atoms with Crippen LogP contribution in [-0.4, -0.2) is 16.9 Å². The molecule has 0 spiro atoms. The zero-order valence-corrected chi connectivity index (χ0v) is 10.8. The average molecular weight is 255 g/mol. The van der Waals surface area contributed by atoms with Gasteiger partial charge in [-0.2, -0.15) is 10.4 Å². The van der Waals surface area contributed by atoms with E-state index in [1.54, 1.807) is 18.7 Å². The molecule has 19 heavy (non-hydrogen) atoms. The van der Waals surface area contributed by atoms with Crippen molar-refractivity contribution in [3.8, 4) is 17.5 Å². The predicted molar refractivity (Wildman–Crippen MR) is 70.4 cm³/mol. The summed E-state index contributed by atoms with van der Waals surface area (Å²) in [4.78, 5) is 11.7. The summed E-state index contributed by atoms with van der Waals surface area (Å²) in [5.41, 5.74) is 1.59. The normalized spacial score (nSPS) is 9.95. The van der Waals surface area contributed by atoms with Crippen LogP contribution in [0.5, 0.6) is 5.75 Å². The van der Waals surface area contributed by atoms with Crippen LogP contribution < -0.4 is 10.2 Å². The van der Waals surface area contributed by atoms with Gasteiger partial charge in [0.05, 0.1) is 25.3 Å². The monoisotopic (exact) mass is 255 g/mol. The summed E-state index contributed by atoms with van der Waals surface area (Å²) in [6.45, 7) is 1.80. The Morgan fingerprint density at radius 2 is 2.05 bits per heavy atom. The minimum Gasteiger partial charge on any atom is -0.497 e. The Morgan fingerprint density at radius 3 is 2.63 bits per heavy atom. The largest absolute Gasteiger partial charge is 0.497 e. The molecule has 0 unspecified atom stereocenters. The van der Waals surface area contributed by atoms with E-state index in [4.69, 9.17) is 10.00 Å². The lowest BCUT2D eigenvalue weighted by atomic mass is 10.2. The SMILES string of the molecule is COc1ccc(-n2nc(CC#N)c(=O)cc2C)cc1. The predicted octanol–water partition coefficient (Wildman–Crippen LogP) is 1.62. The standard InChI is InChI=1S/C14H13N3O2/c1-10-9-14(18)13(7-8-15)16-17(10)11-3-5-12(19-2)6-4-11/h3-6,9H,7H2,1-2H3. The second-order valence-electron chi connectivity index (χ2n) is 4.04. The Balaban J connectivity index is 2.51. The molecule has 0 bridgehead atoms. The van der Waals surface area contributed by atoms with Crippen molar-refractivity contribution < 1.29 is 4.74 Å². The van der Waals surface area contributed by atoms with Crippen LogP contribution in [0.3, 0.4) is 0 Å². The number of aryl methyl sites for hydroxylation is 1. The van der Waals surface area contributed by atoms with Gasteiger partial charge in [-0.3, -0.25) is 4.79 Å². The lowest BCUT2D eigenvalue weighted by Crippen LogP contribution is -2.18. The molecular formula is C14H13N3O2. The van der Waals surface area contributed by atoms with Crippen molar-refractivity contribution in [2.24, 2.45) is 0 Å². The van der Waals surface area contributed by atoms with Gasteiger partial charge in [0, 0.05) is 11.8 Å². The summed E-state index contributed by atoms with van der Waals surface area (Å²) in [5, 5.41) is 12.9. The molecule has 2 aromatic rings. The third-order valence-corrected chi connectivity index (χ3v) is 2.74. The van der Waals surface area contributed by atoms with E-state index in [1.807, 2.05) is 30.3 Å². The molecule has 1 heterocycles. The van der Waals surface area contributed by atoms with Crippen LogP contribution in [0.4, 0.5) is 0 Å². The van der Waals surface area contributed by atoms with Crippen molar-refractivity contribution in [1.82, 2.24) is 9.78 Å². The number of hydrogen-bond acceptors (Lipinski definition) is 4. The van der Waals surface area contributed by atoms with Gasteiger partial charge < -0.3 is 4.74 Å². The van der Waals surface area contributed by atoms with Gasteiger partial charge in [0.1, 0.15) is 11.4 Å². The molecule has 0 N–H and O–H groups in total. The van der Waals surface area contributed by atoms with Gasteiger partial charge in [-0.05, 0) is 31.2 Å². The topological polar surface area (TPSA) is 67.9 Å². The molecule has 0 saturated heterocycles. The van der Waals surface area contributed by atoms with Crippen molar-refractivity contribution in [3.05, 3.63) is 51.9 Å². The minimum absolute atomic E-state index is 0.00919. The quantitative estimate of drug-likeness (QED) is 0.835. The number of benzene rings is 1. The molecule has 0 fully saturated rings. The first-order valence-electron chi connectivity index (χ1n) is 5.77. The average Bonchev–Trinajstić information content (AvgIpc) is 2.42. The van der Waals surface area contributed by atoms with E-state index in [-0.39, 0.29) is 17.5 Å². The van der Waals surface area contributed by atoms with Crippen molar-refractivity contribution in [2.75, 3.05) is 7.11 Å². The Morgan fingerprint density at radius 1 is 1.37 bits per heavy atom. The number of nitrogens with zero attached hydrogens (tertiary/aromatic N) is 3. The highest BCUT2D eigenvalue weighted by Crippen LogP contribution is 2.15. The van der Waals surface area contributed by atoms with Gasteiger partial charge >= 0.3 is 0 Å². The maximum Gasteiger partial charge on any atom is 0.204 e. The lowest BCUT2D eigenvalue weighted by Gasteiger charge is -2.10. The third kappa shape index (κ3) is 2.63. The van der Waals surface area contributed by atoms with Crippen LogP contribution in [0.15, 0.2) is 35.1 Å². The molecule has 0 atom stereocenters. The van der Waals surface area contributed by atoms with E-state index in [0.717, 1.165) is 17.1 Å². The highest BCUT2D eigenvalue weighted by molar-refractivity contribution is 5.38. The fourth-order valence-electron chi connectivity index (χ4n) is 1.77. The van der Waals surface area contributed by atoms with Crippen LogP contribution in [0, 0.1) is 18.3 Å². The van der Waals surface area contributed by atoms with E-state index in [0.29, 0.717) is 0 Å². The molecule has 5 nitrogen and oxygen atoms in total. The van der Waals surface area contributed by atoms with E-state index < -0.39 is 0 Å². The summed E-state index contributed by atoms with van der Waals surface area (Å²) >= 11 is 0. The maximum atomic E-state index is 11.7. The molecule has 0 radical (unpaired) electrons. The number of ether oxygens (including phenoxy) is 1. The van der Waals surface area contributed by atoms with Gasteiger partial charge in [-0.1, -0.05) is 0 Å². The zero-order valence-electron chi connectivity index (χ0n) is 10.8. The molecule has 0 saturated carbocycles. The maximum absolute atomic E-state index is 11.7. The lowest BCUT2D eigenvalue weighted by molar-refractivity contribution is 0.414. The second-order valence-corrected chi connectivity index (χ2v) is 4.04. The van der Waals surface area contributed by atoms with Crippen molar-refractivity contribution in [3.63, 3.8) is 0 Å². The van der Waals surface area contributed by atoms with Crippen LogP contribution >= 0.6 is 0 Å². The summed E-state index contributed by atoms with van der Waals surface area (Å²) < 4.78 is 6.74. The molecule has 0 aliphatic heterocycles. The van der Waals surface area contributed by atoms with Crippen LogP contribution in [0.25, 0.3) is 5.69 Å². The Bertz CT molecular complexity index is 681. The number of aromatic nitrogens is 2. The number of nitriles is 1. The first-order valence-corrected chi connectivity index (χ1v) is 5.77. The molecule has 1 aromatic heterocycles. The Kier molecular flexibility index (Phi) is 3.62. The van der Waals surface area contributed by atoms with Crippen molar-refractivity contribution >= 4 is 0 Å². The molecule has 5 heteroatoms. The molecular weight excluding hydrogens is 242 g/mol.